The van der Waals surface area contributed by atoms with Gasteiger partial charge < -0.3 is 5.73 Å². The van der Waals surface area contributed by atoms with Gasteiger partial charge in [0.15, 0.2) is 0 Å². The Morgan fingerprint density at radius 2 is 2.20 bits per heavy atom. The molecule has 2 N–H and O–H groups in total. The van der Waals surface area contributed by atoms with Gasteiger partial charge in [0, 0.05) is 18.0 Å². The molecule has 0 amide bonds. The van der Waals surface area contributed by atoms with Gasteiger partial charge in [-0.2, -0.15) is 0 Å². The molecule has 1 saturated carbocycles. The molecule has 1 aliphatic carbocycles. The number of hydrogen-bond acceptors (Lipinski definition) is 2. The third-order valence-electron chi connectivity index (χ3n) is 4.10. The Bertz CT molecular complexity index is 248. The van der Waals surface area contributed by atoms with E-state index >= 15 is 0 Å². The highest BCUT2D eigenvalue weighted by Gasteiger charge is 2.47. The molecule has 86 valence electrons. The summed E-state index contributed by atoms with van der Waals surface area (Å²) < 4.78 is 0. The third-order valence-corrected chi connectivity index (χ3v) is 4.54. The van der Waals surface area contributed by atoms with Crippen molar-refractivity contribution < 1.29 is 0 Å². The summed E-state index contributed by atoms with van der Waals surface area (Å²) in [6, 6.07) is 0.783. The Morgan fingerprint density at radius 1 is 1.47 bits per heavy atom. The number of piperidine rings is 1. The standard InChI is InChI=1S/C12H22N2S/c1-2-10-5-3-4-8-14(10)9-12(6-7-12)11(13)15/h10H,2-9H2,1H3,(H2,13,15). The molecular weight excluding hydrogens is 204 g/mol. The minimum Gasteiger partial charge on any atom is -0.393 e. The van der Waals surface area contributed by atoms with Gasteiger partial charge >= 0.3 is 0 Å². The van der Waals surface area contributed by atoms with Gasteiger partial charge in [-0.05, 0) is 38.6 Å². The first-order valence-corrected chi connectivity index (χ1v) is 6.63. The van der Waals surface area contributed by atoms with Crippen molar-refractivity contribution in [2.24, 2.45) is 11.1 Å². The van der Waals surface area contributed by atoms with Crippen LogP contribution in [0.3, 0.4) is 0 Å². The summed E-state index contributed by atoms with van der Waals surface area (Å²) >= 11 is 5.19. The molecule has 0 radical (unpaired) electrons. The largest absolute Gasteiger partial charge is 0.393 e. The Labute approximate surface area is 98.2 Å². The fourth-order valence-electron chi connectivity index (χ4n) is 2.75. The smallest absolute Gasteiger partial charge is 0.0802 e. The first-order chi connectivity index (χ1) is 7.18. The van der Waals surface area contributed by atoms with Crippen LogP contribution >= 0.6 is 12.2 Å². The Balaban J connectivity index is 1.95. The highest BCUT2D eigenvalue weighted by molar-refractivity contribution is 7.80. The zero-order valence-electron chi connectivity index (χ0n) is 9.67. The molecule has 1 heterocycles. The van der Waals surface area contributed by atoms with E-state index in [4.69, 9.17) is 18.0 Å². The fourth-order valence-corrected chi connectivity index (χ4v) is 3.02. The van der Waals surface area contributed by atoms with E-state index in [-0.39, 0.29) is 5.41 Å². The molecule has 0 aromatic carbocycles. The van der Waals surface area contributed by atoms with Gasteiger partial charge in [-0.15, -0.1) is 0 Å². The number of hydrogen-bond donors (Lipinski definition) is 1. The van der Waals surface area contributed by atoms with Gasteiger partial charge in [0.25, 0.3) is 0 Å². The van der Waals surface area contributed by atoms with Crippen molar-refractivity contribution in [1.29, 1.82) is 0 Å². The van der Waals surface area contributed by atoms with Crippen molar-refractivity contribution in [3.05, 3.63) is 0 Å². The highest BCUT2D eigenvalue weighted by atomic mass is 32.1. The van der Waals surface area contributed by atoms with Gasteiger partial charge in [0.2, 0.25) is 0 Å². The van der Waals surface area contributed by atoms with Gasteiger partial charge in [-0.25, -0.2) is 0 Å². The number of nitrogens with two attached hydrogens (primary N) is 1. The summed E-state index contributed by atoms with van der Waals surface area (Å²) in [6.45, 7) is 4.67. The van der Waals surface area contributed by atoms with Crippen molar-refractivity contribution in [3.63, 3.8) is 0 Å². The van der Waals surface area contributed by atoms with E-state index in [1.165, 1.54) is 45.1 Å². The molecular formula is C12H22N2S. The quantitative estimate of drug-likeness (QED) is 0.746. The van der Waals surface area contributed by atoms with Crippen molar-refractivity contribution in [2.45, 2.75) is 51.5 Å². The summed E-state index contributed by atoms with van der Waals surface area (Å²) in [7, 11) is 0. The highest BCUT2D eigenvalue weighted by Crippen LogP contribution is 2.47. The van der Waals surface area contributed by atoms with E-state index in [0.717, 1.165) is 17.6 Å². The second-order valence-corrected chi connectivity index (χ2v) is 5.61. The zero-order valence-corrected chi connectivity index (χ0v) is 10.5. The second kappa shape index (κ2) is 4.38. The summed E-state index contributed by atoms with van der Waals surface area (Å²) in [6.07, 6.45) is 7.82. The average Bonchev–Trinajstić information content (AvgIpc) is 3.00. The molecule has 0 aromatic rings. The minimum atomic E-state index is 0.222. The van der Waals surface area contributed by atoms with Crippen LogP contribution in [0, 0.1) is 5.41 Å². The van der Waals surface area contributed by atoms with Gasteiger partial charge in [0.1, 0.15) is 0 Å². The van der Waals surface area contributed by atoms with Crippen molar-refractivity contribution >= 4 is 17.2 Å². The first-order valence-electron chi connectivity index (χ1n) is 6.22. The van der Waals surface area contributed by atoms with E-state index in [9.17, 15) is 0 Å². The van der Waals surface area contributed by atoms with Crippen LogP contribution in [-0.2, 0) is 0 Å². The molecule has 1 atom stereocenters. The summed E-state index contributed by atoms with van der Waals surface area (Å²) in [4.78, 5) is 3.39. The van der Waals surface area contributed by atoms with E-state index in [1.54, 1.807) is 0 Å². The van der Waals surface area contributed by atoms with Crippen molar-refractivity contribution in [3.8, 4) is 0 Å². The maximum absolute atomic E-state index is 5.84. The van der Waals surface area contributed by atoms with E-state index in [1.807, 2.05) is 0 Å². The van der Waals surface area contributed by atoms with Crippen LogP contribution in [0.5, 0.6) is 0 Å². The third kappa shape index (κ3) is 2.34. The van der Waals surface area contributed by atoms with Crippen LogP contribution in [0.25, 0.3) is 0 Å². The molecule has 2 rings (SSSR count). The summed E-state index contributed by atoms with van der Waals surface area (Å²) in [5, 5.41) is 0. The maximum Gasteiger partial charge on any atom is 0.0802 e. The number of rotatable bonds is 4. The monoisotopic (exact) mass is 226 g/mol. The lowest BCUT2D eigenvalue weighted by molar-refractivity contribution is 0.129. The van der Waals surface area contributed by atoms with Gasteiger partial charge in [-0.3, -0.25) is 4.90 Å². The second-order valence-electron chi connectivity index (χ2n) is 5.17. The van der Waals surface area contributed by atoms with E-state index < -0.39 is 0 Å². The molecule has 0 spiro atoms. The SMILES string of the molecule is CCC1CCCCN1CC1(C(N)=S)CC1. The molecule has 2 nitrogen and oxygen atoms in total. The molecule has 0 aromatic heterocycles. The molecule has 2 fully saturated rings. The minimum absolute atomic E-state index is 0.222. The predicted molar refractivity (Wildman–Crippen MR) is 68.0 cm³/mol. The summed E-state index contributed by atoms with van der Waals surface area (Å²) in [5.74, 6) is 0. The van der Waals surface area contributed by atoms with Crippen LogP contribution in [-0.4, -0.2) is 29.0 Å². The Kier molecular flexibility index (Phi) is 3.31. The Hall–Kier alpha value is -0.150. The zero-order chi connectivity index (χ0) is 10.9. The van der Waals surface area contributed by atoms with Crippen LogP contribution < -0.4 is 5.73 Å². The van der Waals surface area contributed by atoms with E-state index in [0.29, 0.717) is 0 Å². The van der Waals surface area contributed by atoms with Crippen LogP contribution in [0.2, 0.25) is 0 Å². The van der Waals surface area contributed by atoms with Crippen LogP contribution in [0.4, 0.5) is 0 Å². The molecule has 0 bridgehead atoms. The Morgan fingerprint density at radius 3 is 2.73 bits per heavy atom. The fraction of sp³-hybridized carbons (Fsp3) is 0.917. The van der Waals surface area contributed by atoms with Crippen LogP contribution in [0.1, 0.15) is 45.4 Å². The molecule has 1 aliphatic heterocycles. The lowest BCUT2D eigenvalue weighted by Gasteiger charge is -2.37. The topological polar surface area (TPSA) is 29.3 Å². The summed E-state index contributed by atoms with van der Waals surface area (Å²) in [5.41, 5.74) is 6.06. The first kappa shape index (κ1) is 11.3. The normalized spacial score (nSPS) is 30.1. The molecule has 2 aliphatic rings. The van der Waals surface area contributed by atoms with E-state index in [2.05, 4.69) is 11.8 Å². The van der Waals surface area contributed by atoms with Crippen molar-refractivity contribution in [1.82, 2.24) is 4.90 Å². The van der Waals surface area contributed by atoms with Crippen molar-refractivity contribution in [2.75, 3.05) is 13.1 Å². The number of likely N-dealkylation sites (tertiary alicyclic amines) is 1. The lowest BCUT2D eigenvalue weighted by Crippen LogP contribution is -2.45. The van der Waals surface area contributed by atoms with Gasteiger partial charge in [-0.1, -0.05) is 25.6 Å². The molecule has 1 saturated heterocycles. The molecule has 15 heavy (non-hydrogen) atoms. The number of thiocarbonyl (C=S) groups is 1. The molecule has 1 unspecified atom stereocenters. The number of nitrogens with zero attached hydrogens (tertiary/aromatic N) is 1. The maximum atomic E-state index is 5.84. The average molecular weight is 226 g/mol. The van der Waals surface area contributed by atoms with Gasteiger partial charge in [0.05, 0.1) is 4.99 Å². The molecule has 3 heteroatoms. The lowest BCUT2D eigenvalue weighted by atomic mass is 9.97. The van der Waals surface area contributed by atoms with Crippen LogP contribution in [0.15, 0.2) is 0 Å². The predicted octanol–water partition coefficient (Wildman–Crippen LogP) is 2.32.